The molecule has 0 aliphatic rings. The molecular weight excluding hydrogens is 304 g/mol. The highest BCUT2D eigenvalue weighted by molar-refractivity contribution is 5.32. The molecule has 132 valence electrons. The number of hydrogen-bond donors (Lipinski definition) is 4. The summed E-state index contributed by atoms with van der Waals surface area (Å²) in [4.78, 5) is 25.3. The molecule has 0 bridgehead atoms. The van der Waals surface area contributed by atoms with Gasteiger partial charge in [-0.05, 0) is 12.8 Å². The maximum Gasteiger partial charge on any atom is 0.234 e. The molecule has 0 aromatic rings. The summed E-state index contributed by atoms with van der Waals surface area (Å²) >= 11 is 0. The van der Waals surface area contributed by atoms with Crippen LogP contribution in [0.3, 0.4) is 0 Å². The Morgan fingerprint density at radius 3 is 1.22 bits per heavy atom. The lowest BCUT2D eigenvalue weighted by molar-refractivity contribution is -0.0328. The summed E-state index contributed by atoms with van der Waals surface area (Å²) < 4.78 is 0. The van der Waals surface area contributed by atoms with Gasteiger partial charge >= 0.3 is 0 Å². The fourth-order valence-corrected chi connectivity index (χ4v) is 0.703. The lowest BCUT2D eigenvalue weighted by atomic mass is 9.93. The Balaban J connectivity index is -0.000000264. The van der Waals surface area contributed by atoms with Gasteiger partial charge in [0.25, 0.3) is 0 Å². The van der Waals surface area contributed by atoms with Gasteiger partial charge in [-0.2, -0.15) is 0 Å². The third kappa shape index (κ3) is 20.1. The van der Waals surface area contributed by atoms with Crippen molar-refractivity contribution >= 4 is 12.2 Å². The first-order chi connectivity index (χ1) is 11.1. The van der Waals surface area contributed by atoms with Crippen LogP contribution in [0, 0.1) is 5.41 Å². The Kier molecular flexibility index (Phi) is 25.3. The van der Waals surface area contributed by atoms with Crippen LogP contribution in [0.4, 0.5) is 0 Å². The van der Waals surface area contributed by atoms with Crippen LogP contribution < -0.4 is 0 Å². The molecule has 0 amide bonds. The van der Waals surface area contributed by atoms with Crippen molar-refractivity contribution in [2.24, 2.45) is 15.4 Å². The van der Waals surface area contributed by atoms with Gasteiger partial charge in [-0.3, -0.25) is 0 Å². The topological polar surface area (TPSA) is 140 Å². The quantitative estimate of drug-likeness (QED) is 0.188. The molecule has 0 aromatic carbocycles. The van der Waals surface area contributed by atoms with E-state index in [1.54, 1.807) is 12.2 Å². The van der Waals surface area contributed by atoms with E-state index in [0.29, 0.717) is 13.1 Å². The first-order valence-corrected chi connectivity index (χ1v) is 6.80. The molecule has 0 spiro atoms. The van der Waals surface area contributed by atoms with Gasteiger partial charge in [-0.25, -0.2) is 19.6 Å². The number of nitrogens with zero attached hydrogens (tertiary/aromatic N) is 2. The van der Waals surface area contributed by atoms with Crippen LogP contribution in [-0.2, 0) is 9.59 Å². The highest BCUT2D eigenvalue weighted by Gasteiger charge is 2.26. The van der Waals surface area contributed by atoms with Crippen LogP contribution in [0.5, 0.6) is 0 Å². The van der Waals surface area contributed by atoms with E-state index in [-0.39, 0.29) is 0 Å². The largest absolute Gasteiger partial charge is 0.396 e. The number of carbonyl (C=O) groups excluding carboxylic acids is 2. The highest BCUT2D eigenvalue weighted by atomic mass is 16.3. The van der Waals surface area contributed by atoms with Gasteiger partial charge in [0.2, 0.25) is 12.2 Å². The van der Waals surface area contributed by atoms with E-state index in [1.807, 2.05) is 0 Å². The standard InChI is InChI=1S/2C5H7NO.C5H12O4/c2*1-2-3-4-6-5-7;6-1-5(2-7,3-8)4-9/h2*2H,1,3-4H2;6-9H,1-4H2. The van der Waals surface area contributed by atoms with Crippen molar-refractivity contribution in [2.75, 3.05) is 39.5 Å². The van der Waals surface area contributed by atoms with Crippen LogP contribution in [-0.4, -0.2) is 72.1 Å². The van der Waals surface area contributed by atoms with Gasteiger partial charge in [0.05, 0.1) is 44.9 Å². The Morgan fingerprint density at radius 1 is 0.783 bits per heavy atom. The van der Waals surface area contributed by atoms with Crippen LogP contribution >= 0.6 is 0 Å². The van der Waals surface area contributed by atoms with Gasteiger partial charge in [-0.15, -0.1) is 13.2 Å². The molecule has 0 heterocycles. The van der Waals surface area contributed by atoms with E-state index in [1.165, 1.54) is 12.2 Å². The van der Waals surface area contributed by atoms with Crippen molar-refractivity contribution in [3.8, 4) is 0 Å². The summed E-state index contributed by atoms with van der Waals surface area (Å²) in [6.45, 7) is 6.30. The molecule has 0 fully saturated rings. The second kappa shape index (κ2) is 22.4. The maximum atomic E-state index is 9.35. The number of aliphatic imine (C=N–C) groups is 2. The SMILES string of the molecule is C=CCCN=C=O.C=CCCN=C=O.OCC(CO)(CO)CO. The number of hydrogen-bond acceptors (Lipinski definition) is 8. The number of rotatable bonds is 10. The summed E-state index contributed by atoms with van der Waals surface area (Å²) in [7, 11) is 0. The highest BCUT2D eigenvalue weighted by Crippen LogP contribution is 2.11. The average Bonchev–Trinajstić information content (AvgIpc) is 2.60. The van der Waals surface area contributed by atoms with Crippen molar-refractivity contribution in [3.63, 3.8) is 0 Å². The molecule has 0 unspecified atom stereocenters. The molecule has 23 heavy (non-hydrogen) atoms. The molecule has 0 atom stereocenters. The average molecular weight is 330 g/mol. The zero-order valence-corrected chi connectivity index (χ0v) is 13.2. The predicted octanol–water partition coefficient (Wildman–Crippen LogP) is -0.261. The minimum Gasteiger partial charge on any atom is -0.396 e. The summed E-state index contributed by atoms with van der Waals surface area (Å²) in [6, 6.07) is 0. The smallest absolute Gasteiger partial charge is 0.234 e. The molecule has 0 aliphatic heterocycles. The summed E-state index contributed by atoms with van der Waals surface area (Å²) in [5.74, 6) is 0. The van der Waals surface area contributed by atoms with Crippen molar-refractivity contribution in [1.29, 1.82) is 0 Å². The van der Waals surface area contributed by atoms with E-state index >= 15 is 0 Å². The summed E-state index contributed by atoms with van der Waals surface area (Å²) in [5, 5.41) is 34.0. The number of aliphatic hydroxyl groups is 4. The maximum absolute atomic E-state index is 9.35. The Hall–Kier alpha value is -1.92. The fourth-order valence-electron chi connectivity index (χ4n) is 0.703. The fraction of sp³-hybridized carbons (Fsp3) is 0.600. The monoisotopic (exact) mass is 330 g/mol. The minimum absolute atomic E-state index is 0.406. The second-order valence-electron chi connectivity index (χ2n) is 4.23. The van der Waals surface area contributed by atoms with Crippen molar-refractivity contribution < 1.29 is 30.0 Å². The Labute approximate surface area is 136 Å². The number of isocyanates is 2. The second-order valence-corrected chi connectivity index (χ2v) is 4.23. The lowest BCUT2D eigenvalue weighted by Crippen LogP contribution is -2.37. The van der Waals surface area contributed by atoms with E-state index in [4.69, 9.17) is 20.4 Å². The third-order valence-corrected chi connectivity index (χ3v) is 2.36. The van der Waals surface area contributed by atoms with Crippen molar-refractivity contribution in [3.05, 3.63) is 25.3 Å². The van der Waals surface area contributed by atoms with Gasteiger partial charge in [0.1, 0.15) is 0 Å². The van der Waals surface area contributed by atoms with E-state index in [9.17, 15) is 9.59 Å². The Bertz CT molecular complexity index is 327. The van der Waals surface area contributed by atoms with Crippen molar-refractivity contribution in [1.82, 2.24) is 0 Å². The molecule has 4 N–H and O–H groups in total. The minimum atomic E-state index is -1.11. The van der Waals surface area contributed by atoms with Crippen LogP contribution in [0.1, 0.15) is 12.8 Å². The molecule has 0 aromatic heterocycles. The van der Waals surface area contributed by atoms with Gasteiger partial charge in [-0.1, -0.05) is 12.2 Å². The van der Waals surface area contributed by atoms with Crippen LogP contribution in [0.2, 0.25) is 0 Å². The van der Waals surface area contributed by atoms with Crippen LogP contribution in [0.15, 0.2) is 35.3 Å². The first kappa shape index (κ1) is 26.0. The molecule has 0 saturated carbocycles. The first-order valence-electron chi connectivity index (χ1n) is 6.80. The van der Waals surface area contributed by atoms with E-state index in [2.05, 4.69) is 23.1 Å². The molecule has 0 rings (SSSR count). The van der Waals surface area contributed by atoms with Gasteiger partial charge < -0.3 is 20.4 Å². The zero-order valence-electron chi connectivity index (χ0n) is 13.2. The molecule has 0 aliphatic carbocycles. The zero-order chi connectivity index (χ0) is 18.4. The van der Waals surface area contributed by atoms with Gasteiger partial charge in [0.15, 0.2) is 0 Å². The van der Waals surface area contributed by atoms with Crippen molar-refractivity contribution in [2.45, 2.75) is 12.8 Å². The van der Waals surface area contributed by atoms with E-state index < -0.39 is 31.8 Å². The summed E-state index contributed by atoms with van der Waals surface area (Å²) in [5.41, 5.74) is -1.11. The third-order valence-electron chi connectivity index (χ3n) is 2.36. The predicted molar refractivity (Wildman–Crippen MR) is 86.4 cm³/mol. The molecular formula is C15H26N2O6. The van der Waals surface area contributed by atoms with E-state index in [0.717, 1.165) is 12.8 Å². The summed E-state index contributed by atoms with van der Waals surface area (Å²) in [6.07, 6.45) is 7.80. The molecule has 0 radical (unpaired) electrons. The molecule has 8 heteroatoms. The Morgan fingerprint density at radius 2 is 1.09 bits per heavy atom. The molecule has 8 nitrogen and oxygen atoms in total. The molecule has 0 saturated heterocycles. The lowest BCUT2D eigenvalue weighted by Gasteiger charge is -2.23. The van der Waals surface area contributed by atoms with Gasteiger partial charge in [0, 0.05) is 0 Å². The van der Waals surface area contributed by atoms with Crippen LogP contribution in [0.25, 0.3) is 0 Å². The normalized spacial score (nSPS) is 8.87. The number of aliphatic hydroxyl groups excluding tert-OH is 4.